The summed E-state index contributed by atoms with van der Waals surface area (Å²) in [6, 6.07) is 1.96. The molecule has 0 radical (unpaired) electrons. The number of hydrogen-bond donors (Lipinski definition) is 2. The number of hydrogen-bond acceptors (Lipinski definition) is 6. The maximum absolute atomic E-state index is 11.4. The minimum atomic E-state index is -0.491. The van der Waals surface area contributed by atoms with E-state index >= 15 is 0 Å². The van der Waals surface area contributed by atoms with E-state index in [4.69, 9.17) is 11.5 Å². The summed E-state index contributed by atoms with van der Waals surface area (Å²) in [6.45, 7) is 3.90. The average Bonchev–Trinajstić information content (AvgIpc) is 2.77. The summed E-state index contributed by atoms with van der Waals surface area (Å²) < 4.78 is 0. The number of nitrogens with two attached hydrogens (primary N) is 2. The molecule has 6 nitrogen and oxygen atoms in total. The largest absolute Gasteiger partial charge is 0.397 e. The zero-order valence-electron chi connectivity index (χ0n) is 11.3. The number of pyridine rings is 1. The highest BCUT2D eigenvalue weighted by molar-refractivity contribution is 7.21. The van der Waals surface area contributed by atoms with Crippen LogP contribution in [0.2, 0.25) is 0 Å². The molecule has 1 amide bonds. The smallest absolute Gasteiger partial charge is 0.260 e. The maximum Gasteiger partial charge on any atom is 0.260 e. The minimum absolute atomic E-state index is 0.397. The number of amides is 1. The molecule has 2 aromatic rings. The number of carbonyl (C=O) groups is 1. The molecule has 1 saturated heterocycles. The van der Waals surface area contributed by atoms with Crippen LogP contribution in [0.3, 0.4) is 0 Å². The van der Waals surface area contributed by atoms with Gasteiger partial charge in [-0.3, -0.25) is 4.79 Å². The van der Waals surface area contributed by atoms with Gasteiger partial charge in [0.25, 0.3) is 5.91 Å². The molecule has 0 aliphatic carbocycles. The van der Waals surface area contributed by atoms with Gasteiger partial charge in [-0.2, -0.15) is 0 Å². The molecule has 0 aromatic carbocycles. The quantitative estimate of drug-likeness (QED) is 0.851. The predicted molar refractivity (Wildman–Crippen MR) is 82.3 cm³/mol. The van der Waals surface area contributed by atoms with E-state index < -0.39 is 5.91 Å². The second kappa shape index (κ2) is 4.92. The Morgan fingerprint density at radius 1 is 1.35 bits per heavy atom. The number of nitrogen functional groups attached to an aromatic ring is 1. The summed E-state index contributed by atoms with van der Waals surface area (Å²) in [5, 5.41) is 0.857. The summed E-state index contributed by atoms with van der Waals surface area (Å²) >= 11 is 1.26. The number of carbonyl (C=O) groups excluding carboxylic acids is 1. The van der Waals surface area contributed by atoms with Crippen molar-refractivity contribution in [2.24, 2.45) is 5.73 Å². The van der Waals surface area contributed by atoms with Gasteiger partial charge >= 0.3 is 0 Å². The zero-order valence-corrected chi connectivity index (χ0v) is 12.1. The van der Waals surface area contributed by atoms with Gasteiger partial charge in [0.2, 0.25) is 0 Å². The first-order valence-corrected chi connectivity index (χ1v) is 7.30. The number of aromatic nitrogens is 1. The average molecular weight is 291 g/mol. The number of rotatable bonds is 2. The fourth-order valence-corrected chi connectivity index (χ4v) is 3.46. The minimum Gasteiger partial charge on any atom is -0.397 e. The van der Waals surface area contributed by atoms with Crippen LogP contribution in [0.4, 0.5) is 11.4 Å². The SMILES string of the molecule is CN1CCN(c2ccnc3sc(C(N)=O)c(N)c23)CC1. The Morgan fingerprint density at radius 2 is 2.05 bits per heavy atom. The highest BCUT2D eigenvalue weighted by Gasteiger charge is 2.22. The van der Waals surface area contributed by atoms with Crippen LogP contribution < -0.4 is 16.4 Å². The molecule has 0 spiro atoms. The molecule has 0 unspecified atom stereocenters. The number of anilines is 2. The van der Waals surface area contributed by atoms with E-state index in [0.29, 0.717) is 10.6 Å². The van der Waals surface area contributed by atoms with E-state index in [1.807, 2.05) is 6.07 Å². The number of likely N-dealkylation sites (N-methyl/N-ethyl adjacent to an activating group) is 1. The molecule has 3 rings (SSSR count). The van der Waals surface area contributed by atoms with E-state index in [1.54, 1.807) is 6.20 Å². The second-order valence-electron chi connectivity index (χ2n) is 5.01. The number of fused-ring (bicyclic) bond motifs is 1. The van der Waals surface area contributed by atoms with E-state index in [-0.39, 0.29) is 0 Å². The fourth-order valence-electron chi connectivity index (χ4n) is 2.52. The third-order valence-electron chi connectivity index (χ3n) is 3.67. The van der Waals surface area contributed by atoms with Gasteiger partial charge in [-0.25, -0.2) is 4.98 Å². The van der Waals surface area contributed by atoms with Gasteiger partial charge in [-0.05, 0) is 13.1 Å². The lowest BCUT2D eigenvalue weighted by molar-refractivity contribution is 0.100. The number of primary amides is 1. The van der Waals surface area contributed by atoms with Crippen molar-refractivity contribution in [1.82, 2.24) is 9.88 Å². The topological polar surface area (TPSA) is 88.5 Å². The molecule has 2 aromatic heterocycles. The lowest BCUT2D eigenvalue weighted by Gasteiger charge is -2.34. The molecule has 106 valence electrons. The molecule has 0 bridgehead atoms. The third-order valence-corrected chi connectivity index (χ3v) is 4.80. The van der Waals surface area contributed by atoms with Crippen molar-refractivity contribution in [3.63, 3.8) is 0 Å². The fraction of sp³-hybridized carbons (Fsp3) is 0.385. The summed E-state index contributed by atoms with van der Waals surface area (Å²) in [7, 11) is 2.11. The van der Waals surface area contributed by atoms with Crippen LogP contribution in [0.5, 0.6) is 0 Å². The van der Waals surface area contributed by atoms with E-state index in [2.05, 4.69) is 21.8 Å². The Hall–Kier alpha value is -1.86. The Kier molecular flexibility index (Phi) is 3.23. The van der Waals surface area contributed by atoms with Crippen LogP contribution in [-0.2, 0) is 0 Å². The lowest BCUT2D eigenvalue weighted by atomic mass is 10.2. The Labute approximate surface area is 121 Å². The molecule has 7 heteroatoms. The van der Waals surface area contributed by atoms with Gasteiger partial charge in [0, 0.05) is 32.4 Å². The molecule has 20 heavy (non-hydrogen) atoms. The molecule has 1 fully saturated rings. The van der Waals surface area contributed by atoms with Crippen LogP contribution in [-0.4, -0.2) is 49.0 Å². The van der Waals surface area contributed by atoms with Crippen molar-refractivity contribution in [2.45, 2.75) is 0 Å². The van der Waals surface area contributed by atoms with Crippen molar-refractivity contribution in [3.05, 3.63) is 17.1 Å². The van der Waals surface area contributed by atoms with E-state index in [9.17, 15) is 4.79 Å². The Bertz CT molecular complexity index is 660. The van der Waals surface area contributed by atoms with Gasteiger partial charge in [0.05, 0.1) is 16.8 Å². The molecule has 4 N–H and O–H groups in total. The lowest BCUT2D eigenvalue weighted by Crippen LogP contribution is -2.44. The maximum atomic E-state index is 11.4. The first-order valence-electron chi connectivity index (χ1n) is 6.48. The van der Waals surface area contributed by atoms with Crippen molar-refractivity contribution in [2.75, 3.05) is 43.9 Å². The molecule has 1 aliphatic heterocycles. The van der Waals surface area contributed by atoms with Crippen molar-refractivity contribution < 1.29 is 4.79 Å². The van der Waals surface area contributed by atoms with Gasteiger partial charge in [0.15, 0.2) is 0 Å². The number of piperazine rings is 1. The van der Waals surface area contributed by atoms with Gasteiger partial charge in [0.1, 0.15) is 9.71 Å². The van der Waals surface area contributed by atoms with Gasteiger partial charge < -0.3 is 21.3 Å². The molecule has 0 atom stereocenters. The highest BCUT2D eigenvalue weighted by Crippen LogP contribution is 2.38. The third kappa shape index (κ3) is 2.08. The second-order valence-corrected chi connectivity index (χ2v) is 6.01. The molecule has 3 heterocycles. The summed E-state index contributed by atoms with van der Waals surface area (Å²) in [6.07, 6.45) is 1.76. The normalized spacial score (nSPS) is 16.8. The zero-order chi connectivity index (χ0) is 14.3. The Morgan fingerprint density at radius 3 is 2.70 bits per heavy atom. The van der Waals surface area contributed by atoms with Crippen LogP contribution in [0, 0.1) is 0 Å². The van der Waals surface area contributed by atoms with E-state index in [0.717, 1.165) is 42.1 Å². The standard InChI is InChI=1S/C13H17N5OS/c1-17-4-6-18(7-5-17)8-2-3-16-13-9(8)10(14)11(20-13)12(15)19/h2-3H,4-7,14H2,1H3,(H2,15,19). The molecule has 0 saturated carbocycles. The highest BCUT2D eigenvalue weighted by atomic mass is 32.1. The molecule has 1 aliphatic rings. The predicted octanol–water partition coefficient (Wildman–Crippen LogP) is 0.729. The van der Waals surface area contributed by atoms with Crippen molar-refractivity contribution >= 4 is 38.8 Å². The summed E-state index contributed by atoms with van der Waals surface area (Å²) in [4.78, 5) is 21.5. The summed E-state index contributed by atoms with van der Waals surface area (Å²) in [5.74, 6) is -0.491. The first-order chi connectivity index (χ1) is 9.58. The monoisotopic (exact) mass is 291 g/mol. The van der Waals surface area contributed by atoms with Crippen molar-refractivity contribution in [1.29, 1.82) is 0 Å². The van der Waals surface area contributed by atoms with Crippen LogP contribution in [0.1, 0.15) is 9.67 Å². The van der Waals surface area contributed by atoms with Crippen LogP contribution in [0.25, 0.3) is 10.2 Å². The molecular weight excluding hydrogens is 274 g/mol. The Balaban J connectivity index is 2.09. The van der Waals surface area contributed by atoms with Gasteiger partial charge in [-0.15, -0.1) is 11.3 Å². The van der Waals surface area contributed by atoms with E-state index in [1.165, 1.54) is 11.3 Å². The number of thiophene rings is 1. The molecular formula is C13H17N5OS. The van der Waals surface area contributed by atoms with Crippen molar-refractivity contribution in [3.8, 4) is 0 Å². The van der Waals surface area contributed by atoms with Crippen LogP contribution >= 0.6 is 11.3 Å². The van der Waals surface area contributed by atoms with Gasteiger partial charge in [-0.1, -0.05) is 0 Å². The van der Waals surface area contributed by atoms with Crippen LogP contribution in [0.15, 0.2) is 12.3 Å². The number of nitrogens with zero attached hydrogens (tertiary/aromatic N) is 3. The first kappa shape index (κ1) is 13.1. The summed E-state index contributed by atoms with van der Waals surface area (Å²) in [5.41, 5.74) is 13.0.